The monoisotopic (exact) mass is 238 g/mol. The molecule has 0 bridgehead atoms. The molecule has 0 aliphatic carbocycles. The van der Waals surface area contributed by atoms with Crippen molar-refractivity contribution in [1.29, 1.82) is 0 Å². The predicted octanol–water partition coefficient (Wildman–Crippen LogP) is 0.586. The third kappa shape index (κ3) is 5.79. The normalized spacial score (nSPS) is 11.1. The van der Waals surface area contributed by atoms with Crippen molar-refractivity contribution in [2.45, 2.75) is 13.1 Å². The van der Waals surface area contributed by atoms with E-state index in [-0.39, 0.29) is 6.61 Å². The number of hydrogen-bond acceptors (Lipinski definition) is 4. The molecule has 0 heterocycles. The molecule has 96 valence electrons. The van der Waals surface area contributed by atoms with Crippen LogP contribution in [-0.2, 0) is 17.8 Å². The summed E-state index contributed by atoms with van der Waals surface area (Å²) in [6, 6.07) is 8.33. The van der Waals surface area contributed by atoms with Crippen LogP contribution in [0.15, 0.2) is 24.3 Å². The molecule has 0 spiro atoms. The van der Waals surface area contributed by atoms with Crippen LogP contribution in [0, 0.1) is 0 Å². The Kier molecular flexibility index (Phi) is 6.81. The second-order valence-corrected chi connectivity index (χ2v) is 4.09. The highest BCUT2D eigenvalue weighted by Gasteiger charge is 2.00. The molecular weight excluding hydrogens is 216 g/mol. The lowest BCUT2D eigenvalue weighted by Gasteiger charge is -2.16. The highest BCUT2D eigenvalue weighted by atomic mass is 16.5. The summed E-state index contributed by atoms with van der Waals surface area (Å²) < 4.78 is 5.22. The average molecular weight is 238 g/mol. The maximum atomic E-state index is 8.57. The summed E-state index contributed by atoms with van der Waals surface area (Å²) in [5.74, 6) is 0. The Bertz CT molecular complexity index is 301. The molecule has 0 saturated heterocycles. The summed E-state index contributed by atoms with van der Waals surface area (Å²) in [5.41, 5.74) is 7.97. The zero-order valence-electron chi connectivity index (χ0n) is 10.4. The van der Waals surface area contributed by atoms with Gasteiger partial charge in [0.05, 0.1) is 19.8 Å². The van der Waals surface area contributed by atoms with Crippen LogP contribution in [0.5, 0.6) is 0 Å². The van der Waals surface area contributed by atoms with Gasteiger partial charge < -0.3 is 15.6 Å². The van der Waals surface area contributed by atoms with Crippen molar-refractivity contribution in [1.82, 2.24) is 4.90 Å². The smallest absolute Gasteiger partial charge is 0.0698 e. The zero-order chi connectivity index (χ0) is 12.5. The number of ether oxygens (including phenoxy) is 1. The standard InChI is InChI=1S/C13H22N2O2/c1-15(6-8-17-9-7-16)11-13-4-2-12(10-14)3-5-13/h2-5,16H,6-11,14H2,1H3. The van der Waals surface area contributed by atoms with Crippen LogP contribution in [0.3, 0.4) is 0 Å². The van der Waals surface area contributed by atoms with E-state index < -0.39 is 0 Å². The van der Waals surface area contributed by atoms with E-state index in [0.29, 0.717) is 19.8 Å². The Labute approximate surface area is 103 Å². The molecule has 0 radical (unpaired) electrons. The molecular formula is C13H22N2O2. The van der Waals surface area contributed by atoms with E-state index in [0.717, 1.165) is 18.7 Å². The Morgan fingerprint density at radius 2 is 1.82 bits per heavy atom. The maximum absolute atomic E-state index is 8.57. The first-order valence-electron chi connectivity index (χ1n) is 5.91. The number of nitrogens with zero attached hydrogens (tertiary/aromatic N) is 1. The van der Waals surface area contributed by atoms with Crippen LogP contribution < -0.4 is 5.73 Å². The summed E-state index contributed by atoms with van der Waals surface area (Å²) in [4.78, 5) is 2.19. The minimum atomic E-state index is 0.0876. The molecule has 1 rings (SSSR count). The first-order chi connectivity index (χ1) is 8.26. The molecule has 0 fully saturated rings. The topological polar surface area (TPSA) is 58.7 Å². The van der Waals surface area contributed by atoms with Gasteiger partial charge in [0.1, 0.15) is 0 Å². The quantitative estimate of drug-likeness (QED) is 0.651. The summed E-state index contributed by atoms with van der Waals surface area (Å²) in [5, 5.41) is 8.57. The highest BCUT2D eigenvalue weighted by Crippen LogP contribution is 2.06. The number of nitrogens with two attached hydrogens (primary N) is 1. The van der Waals surface area contributed by atoms with Gasteiger partial charge in [-0.1, -0.05) is 24.3 Å². The SMILES string of the molecule is CN(CCOCCO)Cc1ccc(CN)cc1. The molecule has 0 aliphatic heterocycles. The van der Waals surface area contributed by atoms with Crippen molar-refractivity contribution in [2.24, 2.45) is 5.73 Å². The third-order valence-corrected chi connectivity index (χ3v) is 2.56. The Morgan fingerprint density at radius 1 is 1.18 bits per heavy atom. The fourth-order valence-electron chi connectivity index (χ4n) is 1.56. The van der Waals surface area contributed by atoms with Crippen molar-refractivity contribution < 1.29 is 9.84 Å². The van der Waals surface area contributed by atoms with Crippen LogP contribution >= 0.6 is 0 Å². The van der Waals surface area contributed by atoms with Crippen LogP contribution in [0.1, 0.15) is 11.1 Å². The second-order valence-electron chi connectivity index (χ2n) is 4.09. The van der Waals surface area contributed by atoms with Gasteiger partial charge >= 0.3 is 0 Å². The van der Waals surface area contributed by atoms with E-state index in [1.54, 1.807) is 0 Å². The van der Waals surface area contributed by atoms with Crippen molar-refractivity contribution in [3.63, 3.8) is 0 Å². The summed E-state index contributed by atoms with van der Waals surface area (Å²) in [6.07, 6.45) is 0. The van der Waals surface area contributed by atoms with E-state index in [1.807, 2.05) is 0 Å². The van der Waals surface area contributed by atoms with Crippen LogP contribution in [-0.4, -0.2) is 43.4 Å². The molecule has 1 aromatic carbocycles. The Balaban J connectivity index is 2.26. The van der Waals surface area contributed by atoms with Crippen molar-refractivity contribution in [3.05, 3.63) is 35.4 Å². The van der Waals surface area contributed by atoms with Gasteiger partial charge in [-0.15, -0.1) is 0 Å². The molecule has 4 nitrogen and oxygen atoms in total. The lowest BCUT2D eigenvalue weighted by molar-refractivity contribution is 0.0773. The number of hydrogen-bond donors (Lipinski definition) is 2. The van der Waals surface area contributed by atoms with E-state index in [4.69, 9.17) is 15.6 Å². The molecule has 1 aromatic rings. The molecule has 0 unspecified atom stereocenters. The molecule has 0 atom stereocenters. The first-order valence-corrected chi connectivity index (χ1v) is 5.91. The number of likely N-dealkylation sites (N-methyl/N-ethyl adjacent to an activating group) is 1. The van der Waals surface area contributed by atoms with E-state index in [2.05, 4.69) is 36.2 Å². The van der Waals surface area contributed by atoms with Gasteiger partial charge in [-0.2, -0.15) is 0 Å². The maximum Gasteiger partial charge on any atom is 0.0698 e. The van der Waals surface area contributed by atoms with Crippen molar-refractivity contribution >= 4 is 0 Å². The fourth-order valence-corrected chi connectivity index (χ4v) is 1.56. The van der Waals surface area contributed by atoms with Gasteiger partial charge in [0, 0.05) is 19.6 Å². The third-order valence-electron chi connectivity index (χ3n) is 2.56. The Morgan fingerprint density at radius 3 is 2.41 bits per heavy atom. The second kappa shape index (κ2) is 8.20. The summed E-state index contributed by atoms with van der Waals surface area (Å²) in [6.45, 7) is 3.50. The van der Waals surface area contributed by atoms with Crippen molar-refractivity contribution in [2.75, 3.05) is 33.4 Å². The predicted molar refractivity (Wildman–Crippen MR) is 68.6 cm³/mol. The van der Waals surface area contributed by atoms with Gasteiger partial charge in [0.25, 0.3) is 0 Å². The number of rotatable bonds is 8. The molecule has 17 heavy (non-hydrogen) atoms. The van der Waals surface area contributed by atoms with Crippen LogP contribution in [0.2, 0.25) is 0 Å². The summed E-state index contributed by atoms with van der Waals surface area (Å²) in [7, 11) is 2.05. The number of benzene rings is 1. The van der Waals surface area contributed by atoms with E-state index >= 15 is 0 Å². The molecule has 3 N–H and O–H groups in total. The fraction of sp³-hybridized carbons (Fsp3) is 0.538. The molecule has 4 heteroatoms. The molecule has 0 saturated carbocycles. The number of aliphatic hydroxyl groups is 1. The first kappa shape index (κ1) is 14.1. The number of aliphatic hydroxyl groups excluding tert-OH is 1. The lowest BCUT2D eigenvalue weighted by Crippen LogP contribution is -2.23. The van der Waals surface area contributed by atoms with Crippen molar-refractivity contribution in [3.8, 4) is 0 Å². The largest absolute Gasteiger partial charge is 0.394 e. The van der Waals surface area contributed by atoms with Gasteiger partial charge in [0.2, 0.25) is 0 Å². The minimum Gasteiger partial charge on any atom is -0.394 e. The van der Waals surface area contributed by atoms with Crippen LogP contribution in [0.4, 0.5) is 0 Å². The van der Waals surface area contributed by atoms with E-state index in [1.165, 1.54) is 5.56 Å². The highest BCUT2D eigenvalue weighted by molar-refractivity contribution is 5.22. The summed E-state index contributed by atoms with van der Waals surface area (Å²) >= 11 is 0. The Hall–Kier alpha value is -0.940. The van der Waals surface area contributed by atoms with Gasteiger partial charge in [0.15, 0.2) is 0 Å². The lowest BCUT2D eigenvalue weighted by atomic mass is 10.1. The van der Waals surface area contributed by atoms with Gasteiger partial charge in [-0.05, 0) is 18.2 Å². The average Bonchev–Trinajstić information content (AvgIpc) is 2.36. The minimum absolute atomic E-state index is 0.0876. The van der Waals surface area contributed by atoms with Gasteiger partial charge in [-0.3, -0.25) is 4.90 Å². The van der Waals surface area contributed by atoms with E-state index in [9.17, 15) is 0 Å². The molecule has 0 amide bonds. The van der Waals surface area contributed by atoms with Crippen LogP contribution in [0.25, 0.3) is 0 Å². The molecule has 0 aromatic heterocycles. The molecule has 0 aliphatic rings. The zero-order valence-corrected chi connectivity index (χ0v) is 10.4. The van der Waals surface area contributed by atoms with Gasteiger partial charge in [-0.25, -0.2) is 0 Å².